The molecule has 98 valence electrons. The van der Waals surface area contributed by atoms with Gasteiger partial charge in [0.2, 0.25) is 0 Å². The fourth-order valence-corrected chi connectivity index (χ4v) is 2.18. The zero-order chi connectivity index (χ0) is 13.2. The number of benzene rings is 1. The predicted octanol–water partition coefficient (Wildman–Crippen LogP) is 0.555. The summed E-state index contributed by atoms with van der Waals surface area (Å²) < 4.78 is 7.03. The quantitative estimate of drug-likeness (QED) is 0.810. The maximum absolute atomic E-state index is 12.3. The number of ketones is 1. The number of Topliss-reactive ketones (excluding diaryl/α,β-unsaturated/α-hetero) is 1. The van der Waals surface area contributed by atoms with Gasteiger partial charge in [-0.3, -0.25) is 4.79 Å². The number of rotatable bonds is 4. The molecule has 0 bridgehead atoms. The van der Waals surface area contributed by atoms with Gasteiger partial charge in [-0.05, 0) is 11.6 Å². The van der Waals surface area contributed by atoms with Crippen molar-refractivity contribution in [3.63, 3.8) is 0 Å². The van der Waals surface area contributed by atoms with Gasteiger partial charge in [-0.25, -0.2) is 4.68 Å². The first kappa shape index (κ1) is 11.9. The molecular weight excluding hydrogens is 244 g/mol. The molecule has 0 radical (unpaired) electrons. The molecule has 1 aromatic carbocycles. The fourth-order valence-electron chi connectivity index (χ4n) is 2.18. The second-order valence-electron chi connectivity index (χ2n) is 4.43. The Morgan fingerprint density at radius 1 is 1.47 bits per heavy atom. The number of hydrogen-bond acceptors (Lipinski definition) is 5. The molecule has 6 nitrogen and oxygen atoms in total. The van der Waals surface area contributed by atoms with Crippen LogP contribution in [0.15, 0.2) is 24.4 Å². The number of aromatic nitrogens is 3. The number of fused-ring (bicyclic) bond motifs is 1. The molecule has 1 aliphatic rings. The Balaban J connectivity index is 1.83. The minimum atomic E-state index is -0.0350. The van der Waals surface area contributed by atoms with E-state index in [1.807, 2.05) is 12.1 Å². The predicted molar refractivity (Wildman–Crippen MR) is 67.9 cm³/mol. The highest BCUT2D eigenvalue weighted by atomic mass is 16.5. The number of para-hydroxylation sites is 1. The lowest BCUT2D eigenvalue weighted by atomic mass is 10.0. The van der Waals surface area contributed by atoms with Gasteiger partial charge in [0.25, 0.3) is 0 Å². The first-order chi connectivity index (χ1) is 9.28. The molecule has 1 aliphatic heterocycles. The van der Waals surface area contributed by atoms with Gasteiger partial charge in [0, 0.05) is 13.0 Å². The summed E-state index contributed by atoms with van der Waals surface area (Å²) in [5.74, 6) is 0.680. The number of carbonyl (C=O) groups excluding carboxylic acids is 1. The van der Waals surface area contributed by atoms with Gasteiger partial charge in [0.1, 0.15) is 12.3 Å². The van der Waals surface area contributed by atoms with Crippen LogP contribution in [0.3, 0.4) is 0 Å². The van der Waals surface area contributed by atoms with Gasteiger partial charge in [0.15, 0.2) is 5.78 Å². The van der Waals surface area contributed by atoms with Gasteiger partial charge >= 0.3 is 0 Å². The summed E-state index contributed by atoms with van der Waals surface area (Å²) in [4.78, 5) is 12.3. The number of carbonyl (C=O) groups is 1. The molecule has 0 fully saturated rings. The monoisotopic (exact) mass is 258 g/mol. The van der Waals surface area contributed by atoms with E-state index < -0.39 is 0 Å². The standard InChI is InChI=1S/C13H14N4O2/c14-6-10-7-17(16-15-10)8-12(18)11-3-1-2-9-4-5-19-13(9)11/h1-3,7H,4-6,8,14H2. The maximum atomic E-state index is 12.3. The van der Waals surface area contributed by atoms with Crippen molar-refractivity contribution in [2.75, 3.05) is 6.61 Å². The molecule has 2 N–H and O–H groups in total. The highest BCUT2D eigenvalue weighted by Crippen LogP contribution is 2.29. The molecule has 3 rings (SSSR count). The third kappa shape index (κ3) is 2.22. The van der Waals surface area contributed by atoms with Crippen LogP contribution in [0.4, 0.5) is 0 Å². The van der Waals surface area contributed by atoms with Gasteiger partial charge in [-0.1, -0.05) is 17.3 Å². The van der Waals surface area contributed by atoms with Crippen LogP contribution in [0.5, 0.6) is 5.75 Å². The van der Waals surface area contributed by atoms with Crippen molar-refractivity contribution in [2.45, 2.75) is 19.5 Å². The second-order valence-corrected chi connectivity index (χ2v) is 4.43. The van der Waals surface area contributed by atoms with Crippen molar-refractivity contribution in [3.8, 4) is 5.75 Å². The normalized spacial score (nSPS) is 13.1. The van der Waals surface area contributed by atoms with Crippen LogP contribution in [-0.2, 0) is 19.5 Å². The van der Waals surface area contributed by atoms with Crippen molar-refractivity contribution in [1.82, 2.24) is 15.0 Å². The zero-order valence-corrected chi connectivity index (χ0v) is 10.4. The molecule has 0 saturated heterocycles. The molecule has 0 atom stereocenters. The van der Waals surface area contributed by atoms with Crippen molar-refractivity contribution in [3.05, 3.63) is 41.2 Å². The van der Waals surface area contributed by atoms with Crippen LogP contribution in [-0.4, -0.2) is 27.4 Å². The molecule has 0 amide bonds. The molecular formula is C13H14N4O2. The third-order valence-corrected chi connectivity index (χ3v) is 3.12. The Morgan fingerprint density at radius 3 is 3.16 bits per heavy atom. The maximum Gasteiger partial charge on any atom is 0.188 e. The van der Waals surface area contributed by atoms with Crippen LogP contribution < -0.4 is 10.5 Å². The Labute approximate surface area is 110 Å². The minimum absolute atomic E-state index is 0.0350. The number of nitrogens with zero attached hydrogens (tertiary/aromatic N) is 3. The first-order valence-electron chi connectivity index (χ1n) is 6.15. The van der Waals surface area contributed by atoms with E-state index in [9.17, 15) is 4.79 Å². The molecule has 0 aliphatic carbocycles. The lowest BCUT2D eigenvalue weighted by Gasteiger charge is -2.06. The lowest BCUT2D eigenvalue weighted by molar-refractivity contribution is 0.0964. The number of ether oxygens (including phenoxy) is 1. The summed E-state index contributed by atoms with van der Waals surface area (Å²) in [6.45, 7) is 1.10. The summed E-state index contributed by atoms with van der Waals surface area (Å²) in [6, 6.07) is 5.65. The van der Waals surface area contributed by atoms with Crippen LogP contribution in [0.1, 0.15) is 21.6 Å². The molecule has 1 aromatic heterocycles. The summed E-state index contributed by atoms with van der Waals surface area (Å²) in [5.41, 5.74) is 7.83. The minimum Gasteiger partial charge on any atom is -0.492 e. The molecule has 0 saturated carbocycles. The molecule has 0 unspecified atom stereocenters. The number of nitrogens with two attached hydrogens (primary N) is 1. The largest absolute Gasteiger partial charge is 0.492 e. The molecule has 19 heavy (non-hydrogen) atoms. The van der Waals surface area contributed by atoms with E-state index in [1.165, 1.54) is 4.68 Å². The van der Waals surface area contributed by atoms with E-state index in [4.69, 9.17) is 10.5 Å². The Bertz CT molecular complexity index is 621. The Kier molecular flexibility index (Phi) is 3.00. The summed E-state index contributed by atoms with van der Waals surface area (Å²) in [5, 5.41) is 7.73. The van der Waals surface area contributed by atoms with Crippen LogP contribution in [0.2, 0.25) is 0 Å². The molecule has 2 aromatic rings. The van der Waals surface area contributed by atoms with Gasteiger partial charge < -0.3 is 10.5 Å². The SMILES string of the molecule is NCc1cn(CC(=O)c2cccc3c2OCC3)nn1. The Hall–Kier alpha value is -2.21. The second kappa shape index (κ2) is 4.81. The van der Waals surface area contributed by atoms with Gasteiger partial charge in [-0.15, -0.1) is 5.10 Å². The van der Waals surface area contributed by atoms with Crippen molar-refractivity contribution < 1.29 is 9.53 Å². The van der Waals surface area contributed by atoms with E-state index in [0.717, 1.165) is 12.0 Å². The van der Waals surface area contributed by atoms with Crippen LogP contribution in [0.25, 0.3) is 0 Å². The van der Waals surface area contributed by atoms with E-state index >= 15 is 0 Å². The highest BCUT2D eigenvalue weighted by molar-refractivity contribution is 5.99. The van der Waals surface area contributed by atoms with E-state index in [1.54, 1.807) is 12.3 Å². The number of hydrogen-bond donors (Lipinski definition) is 1. The summed E-state index contributed by atoms with van der Waals surface area (Å²) >= 11 is 0. The Morgan fingerprint density at radius 2 is 2.37 bits per heavy atom. The van der Waals surface area contributed by atoms with Gasteiger partial charge in [0.05, 0.1) is 24.1 Å². The zero-order valence-electron chi connectivity index (χ0n) is 10.4. The highest BCUT2D eigenvalue weighted by Gasteiger charge is 2.20. The summed E-state index contributed by atoms with van der Waals surface area (Å²) in [6.07, 6.45) is 2.54. The van der Waals surface area contributed by atoms with Crippen molar-refractivity contribution >= 4 is 5.78 Å². The topological polar surface area (TPSA) is 83.0 Å². The third-order valence-electron chi connectivity index (χ3n) is 3.12. The van der Waals surface area contributed by atoms with Gasteiger partial charge in [-0.2, -0.15) is 0 Å². The first-order valence-corrected chi connectivity index (χ1v) is 6.15. The fraction of sp³-hybridized carbons (Fsp3) is 0.308. The lowest BCUT2D eigenvalue weighted by Crippen LogP contribution is -2.12. The van der Waals surface area contributed by atoms with Crippen LogP contribution >= 0.6 is 0 Å². The van der Waals surface area contributed by atoms with E-state index in [-0.39, 0.29) is 12.3 Å². The molecule has 2 heterocycles. The van der Waals surface area contributed by atoms with Crippen LogP contribution in [0, 0.1) is 0 Å². The van der Waals surface area contributed by atoms with Crippen molar-refractivity contribution in [1.29, 1.82) is 0 Å². The van der Waals surface area contributed by atoms with Crippen molar-refractivity contribution in [2.24, 2.45) is 5.73 Å². The smallest absolute Gasteiger partial charge is 0.188 e. The average Bonchev–Trinajstić information content (AvgIpc) is 3.05. The summed E-state index contributed by atoms with van der Waals surface area (Å²) in [7, 11) is 0. The van der Waals surface area contributed by atoms with E-state index in [0.29, 0.717) is 30.2 Å². The molecule has 6 heteroatoms. The van der Waals surface area contributed by atoms with E-state index in [2.05, 4.69) is 10.3 Å². The molecule has 0 spiro atoms. The average molecular weight is 258 g/mol.